The van der Waals surface area contributed by atoms with Gasteiger partial charge in [-0.25, -0.2) is 0 Å². The number of rotatable bonds is 7. The molecule has 1 aromatic rings. The quantitative estimate of drug-likeness (QED) is 0.798. The zero-order chi connectivity index (χ0) is 16.5. The minimum atomic E-state index is -0.0890. The molecule has 1 aliphatic rings. The fourth-order valence-electron chi connectivity index (χ4n) is 3.28. The summed E-state index contributed by atoms with van der Waals surface area (Å²) in [6.45, 7) is 2.00. The highest BCUT2D eigenvalue weighted by molar-refractivity contribution is 5.88. The number of hydrogen-bond donors (Lipinski definition) is 2. The van der Waals surface area contributed by atoms with Crippen LogP contribution in [-0.2, 0) is 16.1 Å². The zero-order valence-corrected chi connectivity index (χ0v) is 14.1. The summed E-state index contributed by atoms with van der Waals surface area (Å²) in [6.07, 6.45) is 9.59. The van der Waals surface area contributed by atoms with E-state index in [0.717, 1.165) is 23.6 Å². The van der Waals surface area contributed by atoms with Gasteiger partial charge in [0.05, 0.1) is 0 Å². The molecule has 4 heteroatoms. The number of benzene rings is 1. The van der Waals surface area contributed by atoms with Crippen LogP contribution < -0.4 is 10.6 Å². The molecular formula is C19H28N2O2. The normalized spacial score (nSPS) is 15.2. The van der Waals surface area contributed by atoms with Gasteiger partial charge in [0.1, 0.15) is 0 Å². The number of carbonyl (C=O) groups is 2. The molecule has 0 aliphatic heterocycles. The van der Waals surface area contributed by atoms with Crippen molar-refractivity contribution in [3.63, 3.8) is 0 Å². The van der Waals surface area contributed by atoms with Crippen LogP contribution >= 0.6 is 0 Å². The lowest BCUT2D eigenvalue weighted by Crippen LogP contribution is -2.22. The van der Waals surface area contributed by atoms with Crippen LogP contribution in [0.5, 0.6) is 0 Å². The summed E-state index contributed by atoms with van der Waals surface area (Å²) in [4.78, 5) is 23.0. The summed E-state index contributed by atoms with van der Waals surface area (Å²) in [6, 6.07) is 7.57. The van der Waals surface area contributed by atoms with E-state index >= 15 is 0 Å². The number of nitrogens with one attached hydrogen (secondary N) is 2. The Kier molecular flexibility index (Phi) is 7.11. The van der Waals surface area contributed by atoms with Crippen LogP contribution in [0.15, 0.2) is 24.3 Å². The second kappa shape index (κ2) is 9.33. The molecule has 126 valence electrons. The monoisotopic (exact) mass is 316 g/mol. The van der Waals surface area contributed by atoms with Crippen molar-refractivity contribution in [3.8, 4) is 0 Å². The largest absolute Gasteiger partial charge is 0.352 e. The van der Waals surface area contributed by atoms with Gasteiger partial charge in [-0.3, -0.25) is 9.59 Å². The maximum Gasteiger partial charge on any atom is 0.221 e. The maximum absolute atomic E-state index is 11.9. The van der Waals surface area contributed by atoms with Gasteiger partial charge in [0.2, 0.25) is 11.8 Å². The summed E-state index contributed by atoms with van der Waals surface area (Å²) >= 11 is 0. The van der Waals surface area contributed by atoms with Gasteiger partial charge in [0.25, 0.3) is 0 Å². The molecule has 0 heterocycles. The van der Waals surface area contributed by atoms with Crippen LogP contribution in [-0.4, -0.2) is 11.8 Å². The molecule has 0 radical (unpaired) electrons. The molecule has 4 nitrogen and oxygen atoms in total. The average Bonchev–Trinajstić information content (AvgIpc) is 2.54. The Morgan fingerprint density at radius 2 is 1.96 bits per heavy atom. The molecule has 1 fully saturated rings. The summed E-state index contributed by atoms with van der Waals surface area (Å²) in [7, 11) is 0. The lowest BCUT2D eigenvalue weighted by Gasteiger charge is -2.21. The topological polar surface area (TPSA) is 58.2 Å². The fraction of sp³-hybridized carbons (Fsp3) is 0.579. The third-order valence-electron chi connectivity index (χ3n) is 4.48. The van der Waals surface area contributed by atoms with Crippen LogP contribution in [0.1, 0.15) is 63.9 Å². The molecule has 2 N–H and O–H groups in total. The van der Waals surface area contributed by atoms with Crippen molar-refractivity contribution in [2.45, 2.75) is 64.8 Å². The van der Waals surface area contributed by atoms with E-state index in [2.05, 4.69) is 10.6 Å². The second-order valence-corrected chi connectivity index (χ2v) is 6.55. The van der Waals surface area contributed by atoms with E-state index in [1.54, 1.807) is 0 Å². The third-order valence-corrected chi connectivity index (χ3v) is 4.48. The molecule has 0 bridgehead atoms. The minimum absolute atomic E-state index is 0.0890. The van der Waals surface area contributed by atoms with E-state index in [9.17, 15) is 9.59 Å². The van der Waals surface area contributed by atoms with Crippen LogP contribution in [0.2, 0.25) is 0 Å². The van der Waals surface area contributed by atoms with Gasteiger partial charge in [-0.1, -0.05) is 44.2 Å². The first-order valence-electron chi connectivity index (χ1n) is 8.77. The van der Waals surface area contributed by atoms with Crippen molar-refractivity contribution < 1.29 is 9.59 Å². The summed E-state index contributed by atoms with van der Waals surface area (Å²) in [5.74, 6) is 0.866. The number of amides is 2. The molecule has 2 rings (SSSR count). The van der Waals surface area contributed by atoms with Gasteiger partial charge in [0.15, 0.2) is 0 Å². The van der Waals surface area contributed by atoms with Crippen molar-refractivity contribution in [1.29, 1.82) is 0 Å². The molecule has 0 spiro atoms. The van der Waals surface area contributed by atoms with Gasteiger partial charge in [0, 0.05) is 25.6 Å². The molecule has 1 saturated carbocycles. The summed E-state index contributed by atoms with van der Waals surface area (Å²) in [5, 5.41) is 5.72. The maximum atomic E-state index is 11.9. The van der Waals surface area contributed by atoms with Gasteiger partial charge in [-0.05, 0) is 36.5 Å². The van der Waals surface area contributed by atoms with Crippen molar-refractivity contribution >= 4 is 17.5 Å². The van der Waals surface area contributed by atoms with Gasteiger partial charge in [-0.15, -0.1) is 0 Å². The molecular weight excluding hydrogens is 288 g/mol. The Labute approximate surface area is 139 Å². The minimum Gasteiger partial charge on any atom is -0.352 e. The average molecular weight is 316 g/mol. The first-order valence-corrected chi connectivity index (χ1v) is 8.77. The summed E-state index contributed by atoms with van der Waals surface area (Å²) in [5.41, 5.74) is 1.76. The number of carbonyl (C=O) groups excluding carboxylic acids is 2. The van der Waals surface area contributed by atoms with Crippen molar-refractivity contribution in [3.05, 3.63) is 29.8 Å². The lowest BCUT2D eigenvalue weighted by molar-refractivity contribution is -0.121. The van der Waals surface area contributed by atoms with Crippen LogP contribution in [0.3, 0.4) is 0 Å². The molecule has 0 saturated heterocycles. The Morgan fingerprint density at radius 3 is 2.70 bits per heavy atom. The van der Waals surface area contributed by atoms with E-state index in [0.29, 0.717) is 13.0 Å². The molecule has 0 aromatic heterocycles. The smallest absolute Gasteiger partial charge is 0.221 e. The Hall–Kier alpha value is -1.84. The lowest BCUT2D eigenvalue weighted by atomic mass is 9.86. The number of hydrogen-bond acceptors (Lipinski definition) is 2. The van der Waals surface area contributed by atoms with Crippen LogP contribution in [0.4, 0.5) is 5.69 Å². The Balaban J connectivity index is 1.66. The van der Waals surface area contributed by atoms with Crippen molar-refractivity contribution in [2.75, 3.05) is 5.32 Å². The van der Waals surface area contributed by atoms with E-state index in [4.69, 9.17) is 0 Å². The van der Waals surface area contributed by atoms with E-state index < -0.39 is 0 Å². The van der Waals surface area contributed by atoms with E-state index in [1.165, 1.54) is 45.4 Å². The highest BCUT2D eigenvalue weighted by Crippen LogP contribution is 2.27. The first kappa shape index (κ1) is 17.5. The Bertz CT molecular complexity index is 522. The second-order valence-electron chi connectivity index (χ2n) is 6.55. The van der Waals surface area contributed by atoms with Gasteiger partial charge in [-0.2, -0.15) is 0 Å². The SMILES string of the molecule is CC(=O)Nc1cccc(CNC(=O)CCCC2CCCCC2)c1. The summed E-state index contributed by atoms with van der Waals surface area (Å²) < 4.78 is 0. The Morgan fingerprint density at radius 1 is 1.17 bits per heavy atom. The zero-order valence-electron chi connectivity index (χ0n) is 14.1. The standard InChI is InChI=1S/C19H28N2O2/c1-15(22)21-18-11-5-10-17(13-18)14-20-19(23)12-6-9-16-7-3-2-4-8-16/h5,10-11,13,16H,2-4,6-9,12,14H2,1H3,(H,20,23)(H,21,22). The molecule has 2 amide bonds. The first-order chi connectivity index (χ1) is 11.1. The van der Waals surface area contributed by atoms with Crippen LogP contribution in [0, 0.1) is 5.92 Å². The van der Waals surface area contributed by atoms with Gasteiger partial charge >= 0.3 is 0 Å². The van der Waals surface area contributed by atoms with Crippen LogP contribution in [0.25, 0.3) is 0 Å². The molecule has 0 unspecified atom stereocenters. The van der Waals surface area contributed by atoms with E-state index in [1.807, 2.05) is 24.3 Å². The number of anilines is 1. The predicted octanol–water partition coefficient (Wildman–Crippen LogP) is 4.01. The molecule has 0 atom stereocenters. The molecule has 23 heavy (non-hydrogen) atoms. The fourth-order valence-corrected chi connectivity index (χ4v) is 3.28. The molecule has 1 aliphatic carbocycles. The predicted molar refractivity (Wildman–Crippen MR) is 93.0 cm³/mol. The highest BCUT2D eigenvalue weighted by Gasteiger charge is 2.13. The molecule has 1 aromatic carbocycles. The van der Waals surface area contributed by atoms with Gasteiger partial charge < -0.3 is 10.6 Å². The van der Waals surface area contributed by atoms with E-state index in [-0.39, 0.29) is 11.8 Å². The van der Waals surface area contributed by atoms with Crippen molar-refractivity contribution in [1.82, 2.24) is 5.32 Å². The van der Waals surface area contributed by atoms with Crippen molar-refractivity contribution in [2.24, 2.45) is 5.92 Å². The third kappa shape index (κ3) is 6.85. The highest BCUT2D eigenvalue weighted by atomic mass is 16.2.